The maximum Gasteiger partial charge on any atom is 0.227 e. The molecule has 4 heteroatoms. The highest BCUT2D eigenvalue weighted by atomic mass is 16.5. The van der Waals surface area contributed by atoms with Crippen LogP contribution in [-0.2, 0) is 7.05 Å². The normalized spacial score (nSPS) is 10.0. The van der Waals surface area contributed by atoms with E-state index in [0.29, 0.717) is 5.75 Å². The van der Waals surface area contributed by atoms with Crippen LogP contribution in [0.5, 0.6) is 5.75 Å². The smallest absolute Gasteiger partial charge is 0.227 e. The number of rotatable bonds is 3. The second-order valence-electron chi connectivity index (χ2n) is 2.64. The Balaban J connectivity index is 2.84. The van der Waals surface area contributed by atoms with Crippen LogP contribution in [0.4, 0.5) is 0 Å². The average Bonchev–Trinajstić information content (AvgIpc) is 2.19. The lowest BCUT2D eigenvalue weighted by Crippen LogP contribution is -2.33. The van der Waals surface area contributed by atoms with E-state index in [1.54, 1.807) is 22.9 Å². The Hall–Kier alpha value is -2.02. The topological polar surface area (TPSA) is 45.7 Å². The first-order chi connectivity index (χ1) is 6.77. The molecule has 0 saturated carbocycles. The summed E-state index contributed by atoms with van der Waals surface area (Å²) in [5, 5.41) is 11.3. The lowest BCUT2D eigenvalue weighted by Gasteiger charge is -2.00. The van der Waals surface area contributed by atoms with Crippen LogP contribution < -0.4 is 9.30 Å². The fourth-order valence-electron chi connectivity index (χ4n) is 0.997. The summed E-state index contributed by atoms with van der Waals surface area (Å²) in [5.74, 6) is 3.06. The molecular formula is C10H11N2O2+. The summed E-state index contributed by atoms with van der Waals surface area (Å²) in [5.41, 5.74) is 0.764. The summed E-state index contributed by atoms with van der Waals surface area (Å²) in [6.07, 6.45) is 8.15. The maximum atomic E-state index is 8.35. The van der Waals surface area contributed by atoms with Gasteiger partial charge < -0.3 is 9.94 Å². The van der Waals surface area contributed by atoms with Gasteiger partial charge in [-0.25, -0.2) is 0 Å². The third-order valence-corrected chi connectivity index (χ3v) is 1.66. The van der Waals surface area contributed by atoms with Gasteiger partial charge in [0.2, 0.25) is 11.9 Å². The van der Waals surface area contributed by atoms with Crippen molar-refractivity contribution in [3.63, 3.8) is 0 Å². The first-order valence-corrected chi connectivity index (χ1v) is 4.01. The van der Waals surface area contributed by atoms with Gasteiger partial charge in [0.15, 0.2) is 5.75 Å². The lowest BCUT2D eigenvalue weighted by atomic mass is 10.3. The molecule has 0 saturated heterocycles. The number of oxime groups is 1. The van der Waals surface area contributed by atoms with Crippen molar-refractivity contribution in [2.75, 3.05) is 6.61 Å². The quantitative estimate of drug-likeness (QED) is 0.246. The highest BCUT2D eigenvalue weighted by Crippen LogP contribution is 2.06. The zero-order valence-electron chi connectivity index (χ0n) is 7.84. The Morgan fingerprint density at radius 2 is 2.50 bits per heavy atom. The summed E-state index contributed by atoms with van der Waals surface area (Å²) in [6.45, 7) is 0.243. The van der Waals surface area contributed by atoms with Gasteiger partial charge in [-0.05, 0) is 6.07 Å². The molecule has 0 bridgehead atoms. The molecule has 1 rings (SSSR count). The third-order valence-electron chi connectivity index (χ3n) is 1.66. The molecule has 0 aliphatic carbocycles. The third kappa shape index (κ3) is 2.49. The van der Waals surface area contributed by atoms with Crippen LogP contribution in [0.1, 0.15) is 5.69 Å². The molecule has 4 nitrogen and oxygen atoms in total. The van der Waals surface area contributed by atoms with Gasteiger partial charge in [0.25, 0.3) is 0 Å². The Bertz CT molecular complexity index is 380. The first-order valence-electron chi connectivity index (χ1n) is 4.01. The van der Waals surface area contributed by atoms with Crippen LogP contribution in [0.15, 0.2) is 23.5 Å². The van der Waals surface area contributed by atoms with E-state index in [1.165, 1.54) is 6.21 Å². The maximum absolute atomic E-state index is 8.35. The van der Waals surface area contributed by atoms with Crippen LogP contribution in [0.3, 0.4) is 0 Å². The lowest BCUT2D eigenvalue weighted by molar-refractivity contribution is -0.672. The molecular weight excluding hydrogens is 180 g/mol. The van der Waals surface area contributed by atoms with Gasteiger partial charge in [0, 0.05) is 6.07 Å². The Labute approximate surface area is 82.4 Å². The van der Waals surface area contributed by atoms with Crippen LogP contribution in [0.2, 0.25) is 0 Å². The van der Waals surface area contributed by atoms with Crippen molar-refractivity contribution in [1.29, 1.82) is 0 Å². The fraction of sp³-hybridized carbons (Fsp3) is 0.200. The summed E-state index contributed by atoms with van der Waals surface area (Å²) >= 11 is 0. The van der Waals surface area contributed by atoms with E-state index < -0.39 is 0 Å². The second kappa shape index (κ2) is 4.87. The standard InChI is InChI=1S/C10H10N2O2/c1-3-6-14-10-5-4-9(7-11-13)12(2)8-10/h1,4-5,7-8H,6H2,2H3/p+1. The summed E-state index contributed by atoms with van der Waals surface area (Å²) < 4.78 is 6.97. The molecule has 0 unspecified atom stereocenters. The average molecular weight is 191 g/mol. The Morgan fingerprint density at radius 1 is 1.71 bits per heavy atom. The Morgan fingerprint density at radius 3 is 3.07 bits per heavy atom. The molecule has 0 aliphatic heterocycles. The summed E-state index contributed by atoms with van der Waals surface area (Å²) in [7, 11) is 1.82. The molecule has 0 amide bonds. The number of aromatic nitrogens is 1. The monoisotopic (exact) mass is 191 g/mol. The molecule has 1 N–H and O–H groups in total. The zero-order chi connectivity index (χ0) is 10.4. The molecule has 72 valence electrons. The predicted octanol–water partition coefficient (Wildman–Crippen LogP) is 0.331. The second-order valence-corrected chi connectivity index (χ2v) is 2.64. The van der Waals surface area contributed by atoms with Crippen molar-refractivity contribution in [3.05, 3.63) is 24.0 Å². The number of ether oxygens (including phenoxy) is 1. The summed E-state index contributed by atoms with van der Waals surface area (Å²) in [6, 6.07) is 3.53. The first kappa shape index (κ1) is 10.1. The molecule has 0 radical (unpaired) electrons. The number of pyridine rings is 1. The Kier molecular flexibility index (Phi) is 3.50. The molecule has 1 heterocycles. The molecule has 0 spiro atoms. The van der Waals surface area contributed by atoms with Gasteiger partial charge in [-0.3, -0.25) is 0 Å². The van der Waals surface area contributed by atoms with Crippen molar-refractivity contribution in [2.24, 2.45) is 12.2 Å². The number of hydrogen-bond acceptors (Lipinski definition) is 3. The highest BCUT2D eigenvalue weighted by molar-refractivity contribution is 5.74. The van der Waals surface area contributed by atoms with E-state index in [-0.39, 0.29) is 6.61 Å². The number of nitrogens with zero attached hydrogens (tertiary/aromatic N) is 2. The van der Waals surface area contributed by atoms with E-state index in [4.69, 9.17) is 16.4 Å². The van der Waals surface area contributed by atoms with Gasteiger partial charge in [-0.1, -0.05) is 11.1 Å². The van der Waals surface area contributed by atoms with Crippen molar-refractivity contribution in [2.45, 2.75) is 0 Å². The number of hydrogen-bond donors (Lipinski definition) is 1. The van der Waals surface area contributed by atoms with E-state index in [9.17, 15) is 0 Å². The van der Waals surface area contributed by atoms with E-state index in [0.717, 1.165) is 5.69 Å². The van der Waals surface area contributed by atoms with Crippen LogP contribution >= 0.6 is 0 Å². The number of aryl methyl sites for hydroxylation is 1. The predicted molar refractivity (Wildman–Crippen MR) is 51.3 cm³/mol. The SMILES string of the molecule is C#CCOc1ccc(C=NO)[n+](C)c1. The minimum atomic E-state index is 0.243. The molecule has 1 aromatic rings. The van der Waals surface area contributed by atoms with Gasteiger partial charge >= 0.3 is 0 Å². The van der Waals surface area contributed by atoms with E-state index >= 15 is 0 Å². The van der Waals surface area contributed by atoms with E-state index in [2.05, 4.69) is 11.1 Å². The van der Waals surface area contributed by atoms with Crippen LogP contribution in [0, 0.1) is 12.3 Å². The molecule has 1 aromatic heterocycles. The molecule has 0 atom stereocenters. The van der Waals surface area contributed by atoms with Crippen LogP contribution in [-0.4, -0.2) is 18.0 Å². The highest BCUT2D eigenvalue weighted by Gasteiger charge is 2.05. The van der Waals surface area contributed by atoms with Gasteiger partial charge in [-0.15, -0.1) is 6.42 Å². The van der Waals surface area contributed by atoms with Gasteiger partial charge in [-0.2, -0.15) is 4.57 Å². The molecule has 0 aliphatic rings. The zero-order valence-corrected chi connectivity index (χ0v) is 7.84. The minimum Gasteiger partial charge on any atom is -0.475 e. The van der Waals surface area contributed by atoms with Gasteiger partial charge in [0.1, 0.15) is 19.9 Å². The molecule has 0 fully saturated rings. The largest absolute Gasteiger partial charge is 0.475 e. The van der Waals surface area contributed by atoms with Crippen molar-refractivity contribution in [3.8, 4) is 18.1 Å². The van der Waals surface area contributed by atoms with Crippen molar-refractivity contribution < 1.29 is 14.5 Å². The number of terminal acetylenes is 1. The molecule has 14 heavy (non-hydrogen) atoms. The molecule has 0 aromatic carbocycles. The van der Waals surface area contributed by atoms with E-state index in [1.807, 2.05) is 7.05 Å². The van der Waals surface area contributed by atoms with Crippen molar-refractivity contribution in [1.82, 2.24) is 0 Å². The van der Waals surface area contributed by atoms with Crippen LogP contribution in [0.25, 0.3) is 0 Å². The van der Waals surface area contributed by atoms with Crippen molar-refractivity contribution >= 4 is 6.21 Å². The minimum absolute atomic E-state index is 0.243. The fourth-order valence-corrected chi connectivity index (χ4v) is 0.997. The van der Waals surface area contributed by atoms with Gasteiger partial charge in [0.05, 0.1) is 0 Å². The summed E-state index contributed by atoms with van der Waals surface area (Å²) in [4.78, 5) is 0.